The molecule has 14 heavy (non-hydrogen) atoms. The van der Waals surface area contributed by atoms with Gasteiger partial charge in [0.25, 0.3) is 0 Å². The van der Waals surface area contributed by atoms with E-state index in [1.807, 2.05) is 0 Å². The minimum atomic E-state index is -0.870. The SMILES string of the molecule is Cn1ncc(Cl)c1C(O)c1ccco1. The Kier molecular flexibility index (Phi) is 2.31. The monoisotopic (exact) mass is 212 g/mol. The highest BCUT2D eigenvalue weighted by atomic mass is 35.5. The van der Waals surface area contributed by atoms with Crippen molar-refractivity contribution in [3.63, 3.8) is 0 Å². The molecule has 2 rings (SSSR count). The summed E-state index contributed by atoms with van der Waals surface area (Å²) in [6.07, 6.45) is 2.12. The second kappa shape index (κ2) is 3.48. The number of halogens is 1. The largest absolute Gasteiger partial charge is 0.466 e. The summed E-state index contributed by atoms with van der Waals surface area (Å²) in [4.78, 5) is 0. The van der Waals surface area contributed by atoms with Crippen LogP contribution >= 0.6 is 11.6 Å². The lowest BCUT2D eigenvalue weighted by Gasteiger charge is -2.08. The zero-order valence-corrected chi connectivity index (χ0v) is 8.27. The number of hydrogen-bond acceptors (Lipinski definition) is 3. The Hall–Kier alpha value is -1.26. The molecule has 1 atom stereocenters. The summed E-state index contributed by atoms with van der Waals surface area (Å²) >= 11 is 5.87. The number of aryl methyl sites for hydroxylation is 1. The second-order valence-electron chi connectivity index (χ2n) is 2.92. The number of furan rings is 1. The molecule has 5 heteroatoms. The number of nitrogens with zero attached hydrogens (tertiary/aromatic N) is 2. The van der Waals surface area contributed by atoms with Crippen LogP contribution in [0.25, 0.3) is 0 Å². The van der Waals surface area contributed by atoms with Crippen LogP contribution in [0.1, 0.15) is 17.6 Å². The highest BCUT2D eigenvalue weighted by molar-refractivity contribution is 6.31. The van der Waals surface area contributed by atoms with Crippen molar-refractivity contribution in [3.8, 4) is 0 Å². The Morgan fingerprint density at radius 1 is 1.64 bits per heavy atom. The van der Waals surface area contributed by atoms with Crippen LogP contribution in [0, 0.1) is 0 Å². The van der Waals surface area contributed by atoms with E-state index in [4.69, 9.17) is 16.0 Å². The van der Waals surface area contributed by atoms with Crippen LogP contribution < -0.4 is 0 Å². The average Bonchev–Trinajstić information content (AvgIpc) is 2.75. The summed E-state index contributed by atoms with van der Waals surface area (Å²) in [7, 11) is 1.72. The van der Waals surface area contributed by atoms with Crippen molar-refractivity contribution in [2.75, 3.05) is 0 Å². The molecule has 0 bridgehead atoms. The van der Waals surface area contributed by atoms with Crippen LogP contribution in [0.4, 0.5) is 0 Å². The predicted octanol–water partition coefficient (Wildman–Crippen LogP) is 1.75. The van der Waals surface area contributed by atoms with Crippen LogP contribution in [0.2, 0.25) is 5.02 Å². The molecule has 0 fully saturated rings. The second-order valence-corrected chi connectivity index (χ2v) is 3.33. The van der Waals surface area contributed by atoms with Gasteiger partial charge >= 0.3 is 0 Å². The van der Waals surface area contributed by atoms with E-state index >= 15 is 0 Å². The summed E-state index contributed by atoms with van der Waals surface area (Å²) in [6.45, 7) is 0. The fourth-order valence-electron chi connectivity index (χ4n) is 1.31. The number of hydrogen-bond donors (Lipinski definition) is 1. The third kappa shape index (κ3) is 1.42. The van der Waals surface area contributed by atoms with E-state index in [-0.39, 0.29) is 0 Å². The van der Waals surface area contributed by atoms with Crippen molar-refractivity contribution in [3.05, 3.63) is 41.1 Å². The van der Waals surface area contributed by atoms with Crippen molar-refractivity contribution < 1.29 is 9.52 Å². The molecule has 74 valence electrons. The van der Waals surface area contributed by atoms with Crippen molar-refractivity contribution in [1.29, 1.82) is 0 Å². The fraction of sp³-hybridized carbons (Fsp3) is 0.222. The van der Waals surface area contributed by atoms with Gasteiger partial charge in [-0.2, -0.15) is 5.10 Å². The molecule has 0 saturated carbocycles. The van der Waals surface area contributed by atoms with E-state index in [2.05, 4.69) is 5.10 Å². The van der Waals surface area contributed by atoms with Crippen molar-refractivity contribution in [2.45, 2.75) is 6.10 Å². The molecule has 0 aliphatic rings. The van der Waals surface area contributed by atoms with Crippen LogP contribution in [-0.4, -0.2) is 14.9 Å². The first-order valence-electron chi connectivity index (χ1n) is 4.09. The smallest absolute Gasteiger partial charge is 0.155 e. The fourth-order valence-corrected chi connectivity index (χ4v) is 1.58. The first kappa shape index (κ1) is 9.30. The molecule has 0 amide bonds. The minimum absolute atomic E-state index is 0.427. The first-order valence-corrected chi connectivity index (χ1v) is 4.47. The molecule has 4 nitrogen and oxygen atoms in total. The normalized spacial score (nSPS) is 13.1. The standard InChI is InChI=1S/C9H9ClN2O2/c1-12-8(6(10)5-11-12)9(13)7-3-2-4-14-7/h2-5,9,13H,1H3. The molecule has 0 spiro atoms. The van der Waals surface area contributed by atoms with Gasteiger partial charge in [-0.25, -0.2) is 0 Å². The first-order chi connectivity index (χ1) is 6.70. The third-order valence-electron chi connectivity index (χ3n) is 2.01. The van der Waals surface area contributed by atoms with Crippen LogP contribution in [0.3, 0.4) is 0 Å². The third-order valence-corrected chi connectivity index (χ3v) is 2.30. The molecule has 1 N–H and O–H groups in total. The summed E-state index contributed by atoms with van der Waals surface area (Å²) in [5, 5.41) is 14.2. The summed E-state index contributed by atoms with van der Waals surface area (Å²) < 4.78 is 6.60. The van der Waals surface area contributed by atoms with Gasteiger partial charge in [-0.1, -0.05) is 11.6 Å². The van der Waals surface area contributed by atoms with Crippen LogP contribution in [0.5, 0.6) is 0 Å². The topological polar surface area (TPSA) is 51.2 Å². The molecule has 2 heterocycles. The van der Waals surface area contributed by atoms with E-state index in [9.17, 15) is 5.11 Å². The lowest BCUT2D eigenvalue weighted by molar-refractivity contribution is 0.180. The van der Waals surface area contributed by atoms with Crippen molar-refractivity contribution in [2.24, 2.45) is 7.05 Å². The lowest BCUT2D eigenvalue weighted by Crippen LogP contribution is -2.06. The molecular weight excluding hydrogens is 204 g/mol. The van der Waals surface area contributed by atoms with Gasteiger partial charge in [0, 0.05) is 7.05 Å². The molecular formula is C9H9ClN2O2. The Balaban J connectivity index is 2.41. The number of rotatable bonds is 2. The van der Waals surface area contributed by atoms with Crippen LogP contribution in [-0.2, 0) is 7.05 Å². The number of aliphatic hydroxyl groups is 1. The van der Waals surface area contributed by atoms with Gasteiger partial charge in [-0.3, -0.25) is 4.68 Å². The van der Waals surface area contributed by atoms with Gasteiger partial charge in [0.05, 0.1) is 23.2 Å². The molecule has 2 aromatic heterocycles. The average molecular weight is 213 g/mol. The number of aromatic nitrogens is 2. The van der Waals surface area contributed by atoms with Crippen molar-refractivity contribution in [1.82, 2.24) is 9.78 Å². The highest BCUT2D eigenvalue weighted by Gasteiger charge is 2.20. The zero-order chi connectivity index (χ0) is 10.1. The Labute approximate surface area is 85.7 Å². The van der Waals surface area contributed by atoms with Gasteiger partial charge in [0.1, 0.15) is 5.76 Å². The molecule has 1 unspecified atom stereocenters. The van der Waals surface area contributed by atoms with E-state index in [1.165, 1.54) is 17.1 Å². The molecule has 0 saturated heterocycles. The lowest BCUT2D eigenvalue weighted by atomic mass is 10.2. The Morgan fingerprint density at radius 2 is 2.43 bits per heavy atom. The molecule has 0 aliphatic carbocycles. The van der Waals surface area contributed by atoms with Gasteiger partial charge < -0.3 is 9.52 Å². The predicted molar refractivity (Wildman–Crippen MR) is 51.0 cm³/mol. The maximum atomic E-state index is 9.89. The van der Waals surface area contributed by atoms with Gasteiger partial charge in [-0.15, -0.1) is 0 Å². The molecule has 0 aliphatic heterocycles. The zero-order valence-electron chi connectivity index (χ0n) is 7.51. The maximum absolute atomic E-state index is 9.89. The molecule has 2 aromatic rings. The summed E-state index contributed by atoms with van der Waals surface area (Å²) in [5.41, 5.74) is 0.529. The summed E-state index contributed by atoms with van der Waals surface area (Å²) in [5.74, 6) is 0.454. The summed E-state index contributed by atoms with van der Waals surface area (Å²) in [6, 6.07) is 3.40. The Morgan fingerprint density at radius 3 is 2.93 bits per heavy atom. The van der Waals surface area contributed by atoms with Gasteiger partial charge in [0.2, 0.25) is 0 Å². The molecule has 0 aromatic carbocycles. The van der Waals surface area contributed by atoms with Gasteiger partial charge in [-0.05, 0) is 12.1 Å². The molecule has 0 radical (unpaired) electrons. The van der Waals surface area contributed by atoms with E-state index in [0.717, 1.165) is 0 Å². The number of aliphatic hydroxyl groups excluding tert-OH is 1. The minimum Gasteiger partial charge on any atom is -0.466 e. The highest BCUT2D eigenvalue weighted by Crippen LogP contribution is 2.27. The van der Waals surface area contributed by atoms with Gasteiger partial charge in [0.15, 0.2) is 6.10 Å². The van der Waals surface area contributed by atoms with Crippen molar-refractivity contribution >= 4 is 11.6 Å². The van der Waals surface area contributed by atoms with E-state index in [0.29, 0.717) is 16.5 Å². The van der Waals surface area contributed by atoms with E-state index < -0.39 is 6.10 Å². The van der Waals surface area contributed by atoms with E-state index in [1.54, 1.807) is 19.2 Å². The quantitative estimate of drug-likeness (QED) is 0.825. The maximum Gasteiger partial charge on any atom is 0.155 e. The Bertz CT molecular complexity index is 402. The van der Waals surface area contributed by atoms with Crippen LogP contribution in [0.15, 0.2) is 29.0 Å².